The van der Waals surface area contributed by atoms with Gasteiger partial charge in [-0.25, -0.2) is 0 Å². The van der Waals surface area contributed by atoms with Gasteiger partial charge in [-0.2, -0.15) is 0 Å². The maximum absolute atomic E-state index is 12.1. The third-order valence-electron chi connectivity index (χ3n) is 3.68. The van der Waals surface area contributed by atoms with Crippen LogP contribution < -0.4 is 5.32 Å². The van der Waals surface area contributed by atoms with Crippen LogP contribution >= 0.6 is 0 Å². The van der Waals surface area contributed by atoms with Crippen molar-refractivity contribution in [3.63, 3.8) is 0 Å². The highest BCUT2D eigenvalue weighted by Gasteiger charge is 2.15. The number of aryl methyl sites for hydroxylation is 2. The molecule has 0 aliphatic heterocycles. The highest BCUT2D eigenvalue weighted by atomic mass is 16.2. The third kappa shape index (κ3) is 5.15. The molecule has 0 aromatic heterocycles. The van der Waals surface area contributed by atoms with Gasteiger partial charge in [-0.15, -0.1) is 0 Å². The normalized spacial score (nSPS) is 10.6. The van der Waals surface area contributed by atoms with Crippen molar-refractivity contribution in [2.45, 2.75) is 27.7 Å². The number of para-hydroxylation sites is 1. The molecular weight excluding hydrogens is 278 g/mol. The molecule has 0 atom stereocenters. The summed E-state index contributed by atoms with van der Waals surface area (Å²) in [5.74, 6) is -0.0559. The number of benzene rings is 1. The van der Waals surface area contributed by atoms with E-state index in [4.69, 9.17) is 0 Å². The first-order valence-corrected chi connectivity index (χ1v) is 7.71. The molecule has 2 amide bonds. The van der Waals surface area contributed by atoms with Gasteiger partial charge in [-0.3, -0.25) is 14.5 Å². The van der Waals surface area contributed by atoms with E-state index in [2.05, 4.69) is 5.32 Å². The molecule has 1 aromatic rings. The van der Waals surface area contributed by atoms with Crippen LogP contribution in [-0.2, 0) is 9.59 Å². The fourth-order valence-corrected chi connectivity index (χ4v) is 2.40. The van der Waals surface area contributed by atoms with Crippen molar-refractivity contribution >= 4 is 17.5 Å². The molecule has 0 fully saturated rings. The molecule has 0 heterocycles. The lowest BCUT2D eigenvalue weighted by Gasteiger charge is -2.23. The Kier molecular flexibility index (Phi) is 7.05. The van der Waals surface area contributed by atoms with Gasteiger partial charge in [-0.05, 0) is 45.9 Å². The van der Waals surface area contributed by atoms with Gasteiger partial charge in [0.25, 0.3) is 0 Å². The quantitative estimate of drug-likeness (QED) is 0.839. The molecule has 0 saturated heterocycles. The van der Waals surface area contributed by atoms with Crippen molar-refractivity contribution < 1.29 is 9.59 Å². The number of carbonyl (C=O) groups excluding carboxylic acids is 2. The van der Waals surface area contributed by atoms with Crippen molar-refractivity contribution in [3.05, 3.63) is 29.3 Å². The zero-order chi connectivity index (χ0) is 16.7. The zero-order valence-electron chi connectivity index (χ0n) is 14.3. The summed E-state index contributed by atoms with van der Waals surface area (Å²) in [5.41, 5.74) is 2.93. The second-order valence-electron chi connectivity index (χ2n) is 5.55. The van der Waals surface area contributed by atoms with Crippen LogP contribution in [0, 0.1) is 13.8 Å². The summed E-state index contributed by atoms with van der Waals surface area (Å²) in [7, 11) is 1.78. The van der Waals surface area contributed by atoms with E-state index in [1.54, 1.807) is 16.8 Å². The molecule has 0 unspecified atom stereocenters. The summed E-state index contributed by atoms with van der Waals surface area (Å²) in [6.45, 7) is 9.68. The van der Waals surface area contributed by atoms with Crippen LogP contribution in [0.1, 0.15) is 25.0 Å². The van der Waals surface area contributed by atoms with E-state index in [0.717, 1.165) is 16.8 Å². The van der Waals surface area contributed by atoms with E-state index >= 15 is 0 Å². The second-order valence-corrected chi connectivity index (χ2v) is 5.55. The van der Waals surface area contributed by atoms with Crippen molar-refractivity contribution in [1.82, 2.24) is 9.80 Å². The standard InChI is InChI=1S/C17H27N3O2/c1-6-20(7-2)16(22)12-19(5)11-15(21)18-17-13(3)9-8-10-14(17)4/h8-10H,6-7,11-12H2,1-5H3,(H,18,21). The molecule has 0 spiro atoms. The molecule has 0 saturated carbocycles. The van der Waals surface area contributed by atoms with Crippen molar-refractivity contribution in [2.24, 2.45) is 0 Å². The van der Waals surface area contributed by atoms with Gasteiger partial charge in [0.1, 0.15) is 0 Å². The molecule has 0 aliphatic carbocycles. The smallest absolute Gasteiger partial charge is 0.238 e. The molecule has 122 valence electrons. The van der Waals surface area contributed by atoms with Gasteiger partial charge in [0.15, 0.2) is 0 Å². The summed E-state index contributed by atoms with van der Waals surface area (Å²) in [4.78, 5) is 27.7. The fourth-order valence-electron chi connectivity index (χ4n) is 2.40. The number of amides is 2. The molecular formula is C17H27N3O2. The SMILES string of the molecule is CCN(CC)C(=O)CN(C)CC(=O)Nc1c(C)cccc1C. The molecule has 5 heteroatoms. The van der Waals surface area contributed by atoms with Crippen LogP contribution in [0.4, 0.5) is 5.69 Å². The van der Waals surface area contributed by atoms with Crippen molar-refractivity contribution in [3.8, 4) is 0 Å². The van der Waals surface area contributed by atoms with Gasteiger partial charge >= 0.3 is 0 Å². The van der Waals surface area contributed by atoms with Crippen LogP contribution in [0.15, 0.2) is 18.2 Å². The van der Waals surface area contributed by atoms with Gasteiger partial charge in [0.2, 0.25) is 11.8 Å². The molecule has 0 aliphatic rings. The number of nitrogens with one attached hydrogen (secondary N) is 1. The molecule has 1 N–H and O–H groups in total. The molecule has 5 nitrogen and oxygen atoms in total. The summed E-state index contributed by atoms with van der Waals surface area (Å²) in [6.07, 6.45) is 0. The van der Waals surface area contributed by atoms with Crippen LogP contribution in [0.5, 0.6) is 0 Å². The lowest BCUT2D eigenvalue weighted by molar-refractivity contribution is -0.132. The fraction of sp³-hybridized carbons (Fsp3) is 0.529. The molecule has 0 radical (unpaired) electrons. The Balaban J connectivity index is 2.56. The Morgan fingerprint density at radius 3 is 2.09 bits per heavy atom. The van der Waals surface area contributed by atoms with Crippen LogP contribution in [0.25, 0.3) is 0 Å². The maximum atomic E-state index is 12.1. The Hall–Kier alpha value is -1.88. The monoisotopic (exact) mass is 305 g/mol. The molecule has 22 heavy (non-hydrogen) atoms. The average Bonchev–Trinajstić information content (AvgIpc) is 2.44. The first kappa shape index (κ1) is 18.2. The first-order chi connectivity index (χ1) is 10.4. The highest BCUT2D eigenvalue weighted by Crippen LogP contribution is 2.19. The van der Waals surface area contributed by atoms with E-state index in [0.29, 0.717) is 13.1 Å². The number of anilines is 1. The van der Waals surface area contributed by atoms with Crippen molar-refractivity contribution in [2.75, 3.05) is 38.5 Å². The number of hydrogen-bond donors (Lipinski definition) is 1. The third-order valence-corrected chi connectivity index (χ3v) is 3.68. The predicted octanol–water partition coefficient (Wildman–Crippen LogP) is 2.04. The number of nitrogens with zero attached hydrogens (tertiary/aromatic N) is 2. The van der Waals surface area contributed by atoms with Crippen LogP contribution in [-0.4, -0.2) is 54.8 Å². The minimum Gasteiger partial charge on any atom is -0.342 e. The van der Waals surface area contributed by atoms with Crippen LogP contribution in [0.3, 0.4) is 0 Å². The second kappa shape index (κ2) is 8.54. The zero-order valence-corrected chi connectivity index (χ0v) is 14.3. The van der Waals surface area contributed by atoms with Gasteiger partial charge in [0, 0.05) is 18.8 Å². The average molecular weight is 305 g/mol. The van der Waals surface area contributed by atoms with Gasteiger partial charge in [0.05, 0.1) is 13.1 Å². The Morgan fingerprint density at radius 2 is 1.59 bits per heavy atom. The molecule has 1 rings (SSSR count). The summed E-state index contributed by atoms with van der Waals surface area (Å²) in [6, 6.07) is 5.90. The largest absolute Gasteiger partial charge is 0.342 e. The van der Waals surface area contributed by atoms with E-state index < -0.39 is 0 Å². The number of rotatable bonds is 7. The number of hydrogen-bond acceptors (Lipinski definition) is 3. The van der Waals surface area contributed by atoms with E-state index in [1.165, 1.54) is 0 Å². The summed E-state index contributed by atoms with van der Waals surface area (Å²) >= 11 is 0. The minimum atomic E-state index is -0.104. The Labute approximate surface area is 133 Å². The summed E-state index contributed by atoms with van der Waals surface area (Å²) in [5, 5.41) is 2.93. The Morgan fingerprint density at radius 1 is 1.05 bits per heavy atom. The number of likely N-dealkylation sites (N-methyl/N-ethyl adjacent to an activating group) is 2. The lowest BCUT2D eigenvalue weighted by atomic mass is 10.1. The molecule has 0 bridgehead atoms. The first-order valence-electron chi connectivity index (χ1n) is 7.71. The van der Waals surface area contributed by atoms with Crippen LogP contribution in [0.2, 0.25) is 0 Å². The van der Waals surface area contributed by atoms with Gasteiger partial charge < -0.3 is 10.2 Å². The summed E-state index contributed by atoms with van der Waals surface area (Å²) < 4.78 is 0. The Bertz CT molecular complexity index is 504. The number of carbonyl (C=O) groups is 2. The lowest BCUT2D eigenvalue weighted by Crippen LogP contribution is -2.41. The topological polar surface area (TPSA) is 52.7 Å². The minimum absolute atomic E-state index is 0.0485. The maximum Gasteiger partial charge on any atom is 0.238 e. The van der Waals surface area contributed by atoms with Crippen molar-refractivity contribution in [1.29, 1.82) is 0 Å². The van der Waals surface area contributed by atoms with E-state index in [-0.39, 0.29) is 24.9 Å². The highest BCUT2D eigenvalue weighted by molar-refractivity contribution is 5.94. The van der Waals surface area contributed by atoms with E-state index in [1.807, 2.05) is 45.9 Å². The van der Waals surface area contributed by atoms with Gasteiger partial charge in [-0.1, -0.05) is 18.2 Å². The molecule has 1 aromatic carbocycles. The van der Waals surface area contributed by atoms with E-state index in [9.17, 15) is 9.59 Å². The predicted molar refractivity (Wildman–Crippen MR) is 90.0 cm³/mol.